The number of methoxy groups -OCH3 is 1. The Morgan fingerprint density at radius 3 is 2.33 bits per heavy atom. The molecule has 0 spiro atoms. The number of hydrogen-bond donors (Lipinski definition) is 1. The maximum Gasteiger partial charge on any atom is 0.268 e. The first-order valence-electron chi connectivity index (χ1n) is 10.8. The van der Waals surface area contributed by atoms with Gasteiger partial charge in [-0.15, -0.1) is 22.0 Å². The van der Waals surface area contributed by atoms with Crippen LogP contribution in [0.25, 0.3) is 34.3 Å². The van der Waals surface area contributed by atoms with Crippen LogP contribution in [-0.2, 0) is 11.3 Å². The molecule has 7 nitrogen and oxygen atoms in total. The molecule has 4 aromatic rings. The van der Waals surface area contributed by atoms with Crippen molar-refractivity contribution < 1.29 is 9.15 Å². The number of nitrogens with one attached hydrogen (secondary N) is 1. The first-order chi connectivity index (χ1) is 16.1. The van der Waals surface area contributed by atoms with E-state index in [1.807, 2.05) is 36.0 Å². The van der Waals surface area contributed by atoms with Crippen molar-refractivity contribution in [3.8, 4) is 34.3 Å². The van der Waals surface area contributed by atoms with Crippen LogP contribution in [0, 0.1) is 0 Å². The quantitative estimate of drug-likeness (QED) is 0.258. The monoisotopic (exact) mass is 461 g/mol. The normalized spacial score (nSPS) is 11.3. The lowest BCUT2D eigenvalue weighted by Gasteiger charge is -2.06. The Labute approximate surface area is 198 Å². The van der Waals surface area contributed by atoms with Gasteiger partial charge in [0, 0.05) is 41.5 Å². The topological polar surface area (TPSA) is 86.0 Å². The summed E-state index contributed by atoms with van der Waals surface area (Å²) < 4.78 is 10.9. The number of nitrogens with zero attached hydrogens (tertiary/aromatic N) is 4. The summed E-state index contributed by atoms with van der Waals surface area (Å²) in [5.41, 5.74) is 4.33. The molecule has 0 aliphatic carbocycles. The van der Waals surface area contributed by atoms with Gasteiger partial charge in [-0.2, -0.15) is 0 Å². The molecular weight excluding hydrogens is 434 g/mol. The standard InChI is InChI=1S/C25H27N5O2S/c1-17(2)33-21-10-8-19(9-11-21)22-15-27-16-23(28-22)25-30-29-24(32-25)20-6-4-18(5-7-20)14-26-12-13-31-3/h4-11,15-17,26H,12-14H2,1-3H3. The molecule has 0 amide bonds. The summed E-state index contributed by atoms with van der Waals surface area (Å²) in [6.07, 6.45) is 3.38. The number of aromatic nitrogens is 4. The molecule has 4 rings (SSSR count). The molecule has 0 bridgehead atoms. The van der Waals surface area contributed by atoms with E-state index in [0.29, 0.717) is 29.3 Å². The third kappa shape index (κ3) is 6.25. The van der Waals surface area contributed by atoms with Crippen LogP contribution in [0.15, 0.2) is 70.2 Å². The molecular formula is C25H27N5O2S. The van der Waals surface area contributed by atoms with Gasteiger partial charge < -0.3 is 14.5 Å². The fraction of sp³-hybridized carbons (Fsp3) is 0.280. The number of ether oxygens (including phenoxy) is 1. The van der Waals surface area contributed by atoms with Crippen LogP contribution in [0.5, 0.6) is 0 Å². The number of thioether (sulfide) groups is 1. The highest BCUT2D eigenvalue weighted by Gasteiger charge is 2.13. The minimum absolute atomic E-state index is 0.344. The minimum atomic E-state index is 0.344. The number of rotatable bonds is 10. The fourth-order valence-corrected chi connectivity index (χ4v) is 4.04. The first-order valence-corrected chi connectivity index (χ1v) is 11.7. The van der Waals surface area contributed by atoms with Crippen LogP contribution in [0.4, 0.5) is 0 Å². The molecule has 170 valence electrons. The Bertz CT molecular complexity index is 1160. The van der Waals surface area contributed by atoms with Crippen molar-refractivity contribution in [2.75, 3.05) is 20.3 Å². The van der Waals surface area contributed by atoms with Gasteiger partial charge in [0.25, 0.3) is 5.89 Å². The molecule has 0 aliphatic rings. The molecule has 33 heavy (non-hydrogen) atoms. The zero-order valence-electron chi connectivity index (χ0n) is 19.0. The van der Waals surface area contributed by atoms with Crippen molar-refractivity contribution >= 4 is 11.8 Å². The van der Waals surface area contributed by atoms with E-state index < -0.39 is 0 Å². The summed E-state index contributed by atoms with van der Waals surface area (Å²) in [4.78, 5) is 10.3. The van der Waals surface area contributed by atoms with Crippen molar-refractivity contribution in [1.29, 1.82) is 0 Å². The predicted molar refractivity (Wildman–Crippen MR) is 131 cm³/mol. The lowest BCUT2D eigenvalue weighted by molar-refractivity contribution is 0.199. The molecule has 8 heteroatoms. The largest absolute Gasteiger partial charge is 0.415 e. The Morgan fingerprint density at radius 1 is 0.909 bits per heavy atom. The predicted octanol–water partition coefficient (Wildman–Crippen LogP) is 5.10. The van der Waals surface area contributed by atoms with Crippen molar-refractivity contribution in [3.63, 3.8) is 0 Å². The van der Waals surface area contributed by atoms with E-state index in [2.05, 4.69) is 63.6 Å². The van der Waals surface area contributed by atoms with Crippen molar-refractivity contribution in [1.82, 2.24) is 25.5 Å². The third-order valence-electron chi connectivity index (χ3n) is 4.81. The van der Waals surface area contributed by atoms with E-state index in [4.69, 9.17) is 9.15 Å². The van der Waals surface area contributed by atoms with Gasteiger partial charge in [-0.05, 0) is 29.8 Å². The van der Waals surface area contributed by atoms with Crippen molar-refractivity contribution in [2.45, 2.75) is 30.5 Å². The van der Waals surface area contributed by atoms with Gasteiger partial charge in [0.1, 0.15) is 5.69 Å². The summed E-state index contributed by atoms with van der Waals surface area (Å²) in [6.45, 7) is 6.64. The van der Waals surface area contributed by atoms with Crippen LogP contribution >= 0.6 is 11.8 Å². The van der Waals surface area contributed by atoms with E-state index in [1.165, 1.54) is 10.5 Å². The average molecular weight is 462 g/mol. The van der Waals surface area contributed by atoms with Crippen LogP contribution < -0.4 is 5.32 Å². The summed E-state index contributed by atoms with van der Waals surface area (Å²) in [7, 11) is 1.70. The van der Waals surface area contributed by atoms with Gasteiger partial charge >= 0.3 is 0 Å². The van der Waals surface area contributed by atoms with Crippen LogP contribution in [0.2, 0.25) is 0 Å². The third-order valence-corrected chi connectivity index (χ3v) is 5.83. The molecule has 0 atom stereocenters. The second-order valence-electron chi connectivity index (χ2n) is 7.76. The molecule has 0 fully saturated rings. The smallest absolute Gasteiger partial charge is 0.268 e. The Balaban J connectivity index is 1.46. The molecule has 0 radical (unpaired) electrons. The SMILES string of the molecule is COCCNCc1ccc(-c2nnc(-c3cncc(-c4ccc(SC(C)C)cc4)n3)o2)cc1. The summed E-state index contributed by atoms with van der Waals surface area (Å²) in [6, 6.07) is 16.4. The fourth-order valence-electron chi connectivity index (χ4n) is 3.20. The van der Waals surface area contributed by atoms with Crippen LogP contribution in [0.1, 0.15) is 19.4 Å². The van der Waals surface area contributed by atoms with E-state index in [1.54, 1.807) is 19.5 Å². The maximum atomic E-state index is 5.90. The summed E-state index contributed by atoms with van der Waals surface area (Å²) in [5, 5.41) is 12.3. The van der Waals surface area contributed by atoms with Crippen LogP contribution in [0.3, 0.4) is 0 Å². The minimum Gasteiger partial charge on any atom is -0.415 e. The molecule has 2 aromatic heterocycles. The highest BCUT2D eigenvalue weighted by atomic mass is 32.2. The van der Waals surface area contributed by atoms with E-state index in [-0.39, 0.29) is 0 Å². The highest BCUT2D eigenvalue weighted by molar-refractivity contribution is 7.99. The zero-order chi connectivity index (χ0) is 23.0. The van der Waals surface area contributed by atoms with Crippen molar-refractivity contribution in [2.24, 2.45) is 0 Å². The lowest BCUT2D eigenvalue weighted by Crippen LogP contribution is -2.18. The molecule has 0 saturated carbocycles. The molecule has 0 saturated heterocycles. The number of hydrogen-bond acceptors (Lipinski definition) is 8. The van der Waals surface area contributed by atoms with E-state index in [0.717, 1.165) is 29.9 Å². The molecule has 0 unspecified atom stereocenters. The highest BCUT2D eigenvalue weighted by Crippen LogP contribution is 2.27. The molecule has 2 heterocycles. The second-order valence-corrected chi connectivity index (χ2v) is 9.41. The zero-order valence-corrected chi connectivity index (χ0v) is 19.8. The molecule has 2 aromatic carbocycles. The Kier molecular flexibility index (Phi) is 7.83. The van der Waals surface area contributed by atoms with Gasteiger partial charge in [-0.1, -0.05) is 38.1 Å². The van der Waals surface area contributed by atoms with Crippen LogP contribution in [-0.4, -0.2) is 45.7 Å². The van der Waals surface area contributed by atoms with Gasteiger partial charge in [0.15, 0.2) is 0 Å². The van der Waals surface area contributed by atoms with E-state index in [9.17, 15) is 0 Å². The lowest BCUT2D eigenvalue weighted by atomic mass is 10.1. The number of benzene rings is 2. The van der Waals surface area contributed by atoms with Gasteiger partial charge in [0.05, 0.1) is 24.7 Å². The first kappa shape index (κ1) is 23.1. The second kappa shape index (κ2) is 11.2. The average Bonchev–Trinajstić information content (AvgIpc) is 3.33. The molecule has 0 aliphatic heterocycles. The Hall–Kier alpha value is -3.07. The summed E-state index contributed by atoms with van der Waals surface area (Å²) >= 11 is 1.83. The molecule has 1 N–H and O–H groups in total. The summed E-state index contributed by atoms with van der Waals surface area (Å²) in [5.74, 6) is 0.794. The van der Waals surface area contributed by atoms with E-state index >= 15 is 0 Å². The van der Waals surface area contributed by atoms with Gasteiger partial charge in [0.2, 0.25) is 5.89 Å². The van der Waals surface area contributed by atoms with Gasteiger partial charge in [-0.3, -0.25) is 4.98 Å². The maximum absolute atomic E-state index is 5.90. The Morgan fingerprint density at radius 2 is 1.61 bits per heavy atom. The van der Waals surface area contributed by atoms with Gasteiger partial charge in [-0.25, -0.2) is 4.98 Å². The van der Waals surface area contributed by atoms with Crippen molar-refractivity contribution in [3.05, 3.63) is 66.5 Å².